The van der Waals surface area contributed by atoms with Gasteiger partial charge in [-0.3, -0.25) is 4.79 Å². The molecule has 0 aliphatic carbocycles. The van der Waals surface area contributed by atoms with Crippen LogP contribution in [0.15, 0.2) is 22.8 Å². The number of urea groups is 1. The number of carboxylic acid groups (broad SMARTS) is 1. The summed E-state index contributed by atoms with van der Waals surface area (Å²) in [6.07, 6.45) is 1.52. The third-order valence-electron chi connectivity index (χ3n) is 2.66. The Hall–Kier alpha value is -1.98. The minimum atomic E-state index is -1.05. The molecule has 0 aliphatic rings. The van der Waals surface area contributed by atoms with Crippen molar-refractivity contribution in [3.63, 3.8) is 0 Å². The number of carbonyl (C=O) groups excluding carboxylic acids is 1. The first-order valence-corrected chi connectivity index (χ1v) is 6.05. The quantitative estimate of drug-likeness (QED) is 0.877. The van der Waals surface area contributed by atoms with E-state index in [0.717, 1.165) is 0 Å². The van der Waals surface area contributed by atoms with E-state index in [2.05, 4.69) is 5.32 Å². The lowest BCUT2D eigenvalue weighted by molar-refractivity contribution is -0.138. The SMILES string of the molecule is CC(NC(=O)N(CC(=O)O)C(C)(C)C)c1ccco1. The maximum Gasteiger partial charge on any atom is 0.323 e. The molecule has 0 spiro atoms. The number of hydrogen-bond donors (Lipinski definition) is 2. The number of rotatable bonds is 4. The van der Waals surface area contributed by atoms with Gasteiger partial charge in [-0.1, -0.05) is 0 Å². The molecular formula is C13H20N2O4. The van der Waals surface area contributed by atoms with Gasteiger partial charge < -0.3 is 19.7 Å². The van der Waals surface area contributed by atoms with E-state index in [0.29, 0.717) is 5.76 Å². The first kappa shape index (κ1) is 15.1. The Morgan fingerprint density at radius 3 is 2.53 bits per heavy atom. The zero-order chi connectivity index (χ0) is 14.6. The highest BCUT2D eigenvalue weighted by molar-refractivity contribution is 5.81. The van der Waals surface area contributed by atoms with Crippen molar-refractivity contribution in [1.82, 2.24) is 10.2 Å². The van der Waals surface area contributed by atoms with Gasteiger partial charge in [0.05, 0.1) is 12.3 Å². The molecule has 0 aromatic carbocycles. The van der Waals surface area contributed by atoms with Crippen LogP contribution in [-0.2, 0) is 4.79 Å². The molecule has 2 N–H and O–H groups in total. The highest BCUT2D eigenvalue weighted by Gasteiger charge is 2.29. The van der Waals surface area contributed by atoms with Crippen LogP contribution in [0.1, 0.15) is 39.5 Å². The number of carbonyl (C=O) groups is 2. The molecule has 0 fully saturated rings. The van der Waals surface area contributed by atoms with E-state index in [9.17, 15) is 9.59 Å². The Labute approximate surface area is 112 Å². The van der Waals surface area contributed by atoms with Crippen LogP contribution in [0.3, 0.4) is 0 Å². The number of nitrogens with one attached hydrogen (secondary N) is 1. The first-order chi connectivity index (χ1) is 8.71. The fraction of sp³-hybridized carbons (Fsp3) is 0.538. The number of carboxylic acids is 1. The Morgan fingerprint density at radius 1 is 1.47 bits per heavy atom. The molecule has 0 saturated carbocycles. The lowest BCUT2D eigenvalue weighted by Crippen LogP contribution is -2.52. The van der Waals surface area contributed by atoms with E-state index in [4.69, 9.17) is 9.52 Å². The van der Waals surface area contributed by atoms with Crippen LogP contribution in [0.4, 0.5) is 4.79 Å². The van der Waals surface area contributed by atoms with Crippen molar-refractivity contribution in [3.05, 3.63) is 24.2 Å². The van der Waals surface area contributed by atoms with E-state index < -0.39 is 17.5 Å². The Bertz CT molecular complexity index is 434. The van der Waals surface area contributed by atoms with Crippen LogP contribution in [0.25, 0.3) is 0 Å². The molecule has 6 nitrogen and oxygen atoms in total. The fourth-order valence-corrected chi connectivity index (χ4v) is 1.62. The van der Waals surface area contributed by atoms with Gasteiger partial charge in [-0.15, -0.1) is 0 Å². The topological polar surface area (TPSA) is 82.8 Å². The molecule has 1 atom stereocenters. The number of amides is 2. The van der Waals surface area contributed by atoms with Gasteiger partial charge in [0.25, 0.3) is 0 Å². The number of aliphatic carboxylic acids is 1. The minimum absolute atomic E-state index is 0.318. The van der Waals surface area contributed by atoms with Gasteiger partial charge in [-0.05, 0) is 39.8 Å². The Kier molecular flexibility index (Phi) is 4.58. The van der Waals surface area contributed by atoms with Crippen LogP contribution in [0.2, 0.25) is 0 Å². The largest absolute Gasteiger partial charge is 0.480 e. The lowest BCUT2D eigenvalue weighted by atomic mass is 10.1. The maximum absolute atomic E-state index is 12.1. The molecule has 1 aromatic rings. The summed E-state index contributed by atoms with van der Waals surface area (Å²) in [6.45, 7) is 6.78. The predicted molar refractivity (Wildman–Crippen MR) is 69.7 cm³/mol. The average Bonchev–Trinajstić information content (AvgIpc) is 2.77. The summed E-state index contributed by atoms with van der Waals surface area (Å²) in [5.41, 5.74) is -0.578. The van der Waals surface area contributed by atoms with Crippen molar-refractivity contribution in [2.45, 2.75) is 39.3 Å². The summed E-state index contributed by atoms with van der Waals surface area (Å²) in [5, 5.41) is 11.6. The van der Waals surface area contributed by atoms with E-state index in [1.165, 1.54) is 11.2 Å². The molecule has 106 valence electrons. The molecule has 6 heteroatoms. The standard InChI is InChI=1S/C13H20N2O4/c1-9(10-6-5-7-19-10)14-12(18)15(8-11(16)17)13(2,3)4/h5-7,9H,8H2,1-4H3,(H,14,18)(H,16,17). The van der Waals surface area contributed by atoms with Crippen LogP contribution in [0, 0.1) is 0 Å². The second-order valence-corrected chi connectivity index (χ2v) is 5.34. The predicted octanol–water partition coefficient (Wildman–Crippen LogP) is 2.24. The maximum atomic E-state index is 12.1. The molecule has 0 radical (unpaired) electrons. The lowest BCUT2D eigenvalue weighted by Gasteiger charge is -2.35. The average molecular weight is 268 g/mol. The number of furan rings is 1. The van der Waals surface area contributed by atoms with E-state index in [1.54, 1.807) is 39.8 Å². The third kappa shape index (κ3) is 4.31. The molecule has 0 saturated heterocycles. The van der Waals surface area contributed by atoms with Gasteiger partial charge in [-0.25, -0.2) is 4.79 Å². The summed E-state index contributed by atoms with van der Waals surface area (Å²) in [5.74, 6) is -0.423. The van der Waals surface area contributed by atoms with Gasteiger partial charge >= 0.3 is 12.0 Å². The molecule has 1 rings (SSSR count). The van der Waals surface area contributed by atoms with Crippen LogP contribution >= 0.6 is 0 Å². The summed E-state index contributed by atoms with van der Waals surface area (Å²) in [4.78, 5) is 24.2. The third-order valence-corrected chi connectivity index (χ3v) is 2.66. The van der Waals surface area contributed by atoms with Gasteiger partial charge in [0.15, 0.2) is 0 Å². The van der Waals surface area contributed by atoms with Crippen molar-refractivity contribution in [2.24, 2.45) is 0 Å². The highest BCUT2D eigenvalue weighted by atomic mass is 16.4. The second-order valence-electron chi connectivity index (χ2n) is 5.34. The molecule has 2 amide bonds. The van der Waals surface area contributed by atoms with Gasteiger partial charge in [0, 0.05) is 5.54 Å². The van der Waals surface area contributed by atoms with Gasteiger partial charge in [0.2, 0.25) is 0 Å². The first-order valence-electron chi connectivity index (χ1n) is 6.05. The van der Waals surface area contributed by atoms with Crippen molar-refractivity contribution in [3.8, 4) is 0 Å². The molecule has 1 heterocycles. The van der Waals surface area contributed by atoms with Crippen LogP contribution < -0.4 is 5.32 Å². The van der Waals surface area contributed by atoms with Gasteiger partial charge in [0.1, 0.15) is 12.3 Å². The van der Waals surface area contributed by atoms with Crippen molar-refractivity contribution < 1.29 is 19.1 Å². The number of hydrogen-bond acceptors (Lipinski definition) is 3. The number of nitrogens with zero attached hydrogens (tertiary/aromatic N) is 1. The highest BCUT2D eigenvalue weighted by Crippen LogP contribution is 2.16. The molecular weight excluding hydrogens is 248 g/mol. The summed E-state index contributed by atoms with van der Waals surface area (Å²) >= 11 is 0. The molecule has 1 unspecified atom stereocenters. The molecule has 1 aromatic heterocycles. The zero-order valence-corrected chi connectivity index (χ0v) is 11.6. The minimum Gasteiger partial charge on any atom is -0.480 e. The summed E-state index contributed by atoms with van der Waals surface area (Å²) in [7, 11) is 0. The van der Waals surface area contributed by atoms with E-state index in [1.807, 2.05) is 0 Å². The van der Waals surface area contributed by atoms with Crippen molar-refractivity contribution in [1.29, 1.82) is 0 Å². The zero-order valence-electron chi connectivity index (χ0n) is 11.6. The van der Waals surface area contributed by atoms with E-state index in [-0.39, 0.29) is 12.6 Å². The summed E-state index contributed by atoms with van der Waals surface area (Å²) < 4.78 is 5.19. The monoisotopic (exact) mass is 268 g/mol. The van der Waals surface area contributed by atoms with Crippen LogP contribution in [0.5, 0.6) is 0 Å². The summed E-state index contributed by atoms with van der Waals surface area (Å²) in [6, 6.07) is 2.74. The Morgan fingerprint density at radius 2 is 2.11 bits per heavy atom. The molecule has 0 bridgehead atoms. The van der Waals surface area contributed by atoms with E-state index >= 15 is 0 Å². The van der Waals surface area contributed by atoms with Gasteiger partial charge in [-0.2, -0.15) is 0 Å². The van der Waals surface area contributed by atoms with Crippen LogP contribution in [-0.4, -0.2) is 34.1 Å². The molecule has 19 heavy (non-hydrogen) atoms. The van der Waals surface area contributed by atoms with Crippen molar-refractivity contribution in [2.75, 3.05) is 6.54 Å². The normalized spacial score (nSPS) is 12.8. The Balaban J connectivity index is 2.75. The van der Waals surface area contributed by atoms with Crippen molar-refractivity contribution >= 4 is 12.0 Å². The smallest absolute Gasteiger partial charge is 0.323 e. The molecule has 0 aliphatic heterocycles. The fourth-order valence-electron chi connectivity index (χ4n) is 1.62. The second kappa shape index (κ2) is 5.77.